The van der Waals surface area contributed by atoms with Crippen LogP contribution in [0.1, 0.15) is 16.7 Å². The fraction of sp³-hybridized carbons (Fsp3) is 0.0426. The molecule has 0 saturated heterocycles. The quantitative estimate of drug-likeness (QED) is 0.172. The van der Waals surface area contributed by atoms with Crippen molar-refractivity contribution in [1.29, 1.82) is 0 Å². The number of para-hydroxylation sites is 1. The van der Waals surface area contributed by atoms with Gasteiger partial charge in [-0.15, -0.1) is 0 Å². The first-order chi connectivity index (χ1) is 25.2. The smallest absolute Gasteiger partial charge is 0.238 e. The van der Waals surface area contributed by atoms with E-state index in [4.69, 9.17) is 15.0 Å². The molecule has 9 aromatic rings. The first kappa shape index (κ1) is 30.4. The Morgan fingerprint density at radius 1 is 0.431 bits per heavy atom. The molecule has 0 unspecified atom stereocenters. The second-order valence-corrected chi connectivity index (χ2v) is 12.9. The van der Waals surface area contributed by atoms with Crippen LogP contribution in [-0.2, 0) is 6.42 Å². The number of aromatic nitrogens is 4. The van der Waals surface area contributed by atoms with E-state index in [-0.39, 0.29) is 0 Å². The third kappa shape index (κ3) is 5.77. The summed E-state index contributed by atoms with van der Waals surface area (Å²) in [6.45, 7) is 2.22. The maximum absolute atomic E-state index is 5.08. The summed E-state index contributed by atoms with van der Waals surface area (Å²) in [5.41, 5.74) is 12.8. The zero-order valence-corrected chi connectivity index (χ0v) is 28.2. The van der Waals surface area contributed by atoms with E-state index in [1.54, 1.807) is 0 Å². The van der Waals surface area contributed by atoms with Crippen molar-refractivity contribution in [2.75, 3.05) is 0 Å². The molecule has 0 bridgehead atoms. The van der Waals surface area contributed by atoms with E-state index in [0.29, 0.717) is 17.6 Å². The highest BCUT2D eigenvalue weighted by molar-refractivity contribution is 6.10. The number of hydrogen-bond acceptors (Lipinski definition) is 3. The van der Waals surface area contributed by atoms with Gasteiger partial charge in [-0.2, -0.15) is 9.97 Å². The van der Waals surface area contributed by atoms with Crippen LogP contribution >= 0.6 is 0 Å². The monoisotopic (exact) mass is 654 g/mol. The van der Waals surface area contributed by atoms with Crippen LogP contribution in [-0.4, -0.2) is 19.5 Å². The minimum absolute atomic E-state index is 0.594. The third-order valence-electron chi connectivity index (χ3n) is 9.66. The lowest BCUT2D eigenvalue weighted by Crippen LogP contribution is -2.06. The standard InChI is InChI=1S/C47H34N4/c1-32-29-36(25-27-39(32)40-22-12-11-21-38(40)30-33-15-5-2-6-16-33)37-26-28-44-42(31-37)41-23-13-14-24-43(41)51(44)47-49-45(34-17-7-3-8-18-34)48-46(50-47)35-19-9-4-10-20-35/h2-29,31H,30H2,1H3. The van der Waals surface area contributed by atoms with Gasteiger partial charge in [0.25, 0.3) is 0 Å². The summed E-state index contributed by atoms with van der Waals surface area (Å²) in [6.07, 6.45) is 0.903. The molecule has 0 aliphatic heterocycles. The van der Waals surface area contributed by atoms with Crippen LogP contribution in [0.3, 0.4) is 0 Å². The topological polar surface area (TPSA) is 43.6 Å². The van der Waals surface area contributed by atoms with Gasteiger partial charge in [0.1, 0.15) is 0 Å². The molecule has 9 rings (SSSR count). The molecule has 0 amide bonds. The lowest BCUT2D eigenvalue weighted by atomic mass is 9.90. The molecule has 2 aromatic heterocycles. The first-order valence-corrected chi connectivity index (χ1v) is 17.3. The van der Waals surface area contributed by atoms with Crippen molar-refractivity contribution in [3.05, 3.63) is 193 Å². The van der Waals surface area contributed by atoms with Gasteiger partial charge >= 0.3 is 0 Å². The van der Waals surface area contributed by atoms with Crippen LogP contribution in [0.5, 0.6) is 0 Å². The average molecular weight is 655 g/mol. The summed E-state index contributed by atoms with van der Waals surface area (Å²) in [5.74, 6) is 1.88. The molecule has 2 heterocycles. The summed E-state index contributed by atoms with van der Waals surface area (Å²) in [6, 6.07) is 61.8. The van der Waals surface area contributed by atoms with Crippen LogP contribution in [0.25, 0.3) is 72.8 Å². The zero-order valence-electron chi connectivity index (χ0n) is 28.2. The highest BCUT2D eigenvalue weighted by Crippen LogP contribution is 2.37. The first-order valence-electron chi connectivity index (χ1n) is 17.3. The predicted octanol–water partition coefficient (Wildman–Crippen LogP) is 11.5. The van der Waals surface area contributed by atoms with Crippen molar-refractivity contribution in [3.8, 4) is 51.0 Å². The molecule has 4 heteroatoms. The van der Waals surface area contributed by atoms with Crippen molar-refractivity contribution < 1.29 is 0 Å². The molecular weight excluding hydrogens is 621 g/mol. The van der Waals surface area contributed by atoms with E-state index < -0.39 is 0 Å². The van der Waals surface area contributed by atoms with Crippen LogP contribution in [0, 0.1) is 6.92 Å². The number of aryl methyl sites for hydroxylation is 1. The van der Waals surface area contributed by atoms with Gasteiger partial charge in [-0.05, 0) is 70.5 Å². The summed E-state index contributed by atoms with van der Waals surface area (Å²) >= 11 is 0. The number of nitrogens with zero attached hydrogens (tertiary/aromatic N) is 4. The van der Waals surface area contributed by atoms with Gasteiger partial charge in [-0.25, -0.2) is 4.98 Å². The minimum Gasteiger partial charge on any atom is -0.278 e. The Bertz CT molecular complexity index is 2600. The highest BCUT2D eigenvalue weighted by atomic mass is 15.2. The molecule has 0 aliphatic rings. The predicted molar refractivity (Wildman–Crippen MR) is 210 cm³/mol. The maximum atomic E-state index is 5.08. The van der Waals surface area contributed by atoms with E-state index >= 15 is 0 Å². The third-order valence-corrected chi connectivity index (χ3v) is 9.66. The average Bonchev–Trinajstić information content (AvgIpc) is 3.53. The molecule has 0 N–H and O–H groups in total. The molecular formula is C47H34N4. The molecule has 0 fully saturated rings. The molecule has 51 heavy (non-hydrogen) atoms. The van der Waals surface area contributed by atoms with Gasteiger partial charge in [0, 0.05) is 21.9 Å². The number of benzene rings is 7. The number of fused-ring (bicyclic) bond motifs is 3. The maximum Gasteiger partial charge on any atom is 0.238 e. The lowest BCUT2D eigenvalue weighted by molar-refractivity contribution is 0.953. The van der Waals surface area contributed by atoms with E-state index in [1.165, 1.54) is 38.9 Å². The number of hydrogen-bond donors (Lipinski definition) is 0. The minimum atomic E-state index is 0.594. The Kier molecular flexibility index (Phi) is 7.75. The zero-order chi connectivity index (χ0) is 34.1. The molecule has 0 spiro atoms. The molecule has 4 nitrogen and oxygen atoms in total. The molecule has 0 radical (unpaired) electrons. The Hall–Kier alpha value is -6.65. The van der Waals surface area contributed by atoms with Crippen LogP contribution in [0.4, 0.5) is 0 Å². The summed E-state index contributed by atoms with van der Waals surface area (Å²) in [7, 11) is 0. The van der Waals surface area contributed by atoms with Crippen molar-refractivity contribution in [3.63, 3.8) is 0 Å². The normalized spacial score (nSPS) is 11.3. The van der Waals surface area contributed by atoms with Gasteiger partial charge in [0.15, 0.2) is 11.6 Å². The molecule has 242 valence electrons. The highest BCUT2D eigenvalue weighted by Gasteiger charge is 2.18. The second kappa shape index (κ2) is 13.0. The van der Waals surface area contributed by atoms with E-state index in [0.717, 1.165) is 39.4 Å². The fourth-order valence-electron chi connectivity index (χ4n) is 7.16. The Morgan fingerprint density at radius 2 is 1.00 bits per heavy atom. The fourth-order valence-corrected chi connectivity index (χ4v) is 7.16. The Balaban J connectivity index is 1.15. The Morgan fingerprint density at radius 3 is 1.71 bits per heavy atom. The molecule has 0 aliphatic carbocycles. The van der Waals surface area contributed by atoms with Gasteiger partial charge in [0.05, 0.1) is 11.0 Å². The summed E-state index contributed by atoms with van der Waals surface area (Å²) in [5, 5.41) is 2.31. The van der Waals surface area contributed by atoms with Crippen LogP contribution in [0.2, 0.25) is 0 Å². The van der Waals surface area contributed by atoms with Gasteiger partial charge < -0.3 is 0 Å². The molecule has 0 saturated carbocycles. The van der Waals surface area contributed by atoms with Gasteiger partial charge in [0.2, 0.25) is 5.95 Å². The molecule has 0 atom stereocenters. The summed E-state index contributed by atoms with van der Waals surface area (Å²) < 4.78 is 2.17. The van der Waals surface area contributed by atoms with Crippen molar-refractivity contribution >= 4 is 21.8 Å². The van der Waals surface area contributed by atoms with E-state index in [9.17, 15) is 0 Å². The second-order valence-electron chi connectivity index (χ2n) is 12.9. The largest absolute Gasteiger partial charge is 0.278 e. The number of rotatable bonds is 7. The van der Waals surface area contributed by atoms with Crippen molar-refractivity contribution in [2.45, 2.75) is 13.3 Å². The van der Waals surface area contributed by atoms with E-state index in [2.05, 4.69) is 127 Å². The van der Waals surface area contributed by atoms with Crippen molar-refractivity contribution in [2.24, 2.45) is 0 Å². The van der Waals surface area contributed by atoms with Gasteiger partial charge in [-0.1, -0.05) is 158 Å². The SMILES string of the molecule is Cc1cc(-c2ccc3c(c2)c2ccccc2n3-c2nc(-c3ccccc3)nc(-c3ccccc3)n2)ccc1-c1ccccc1Cc1ccccc1. The van der Waals surface area contributed by atoms with Crippen molar-refractivity contribution in [1.82, 2.24) is 19.5 Å². The van der Waals surface area contributed by atoms with Gasteiger partial charge in [-0.3, -0.25) is 4.57 Å². The molecule has 7 aromatic carbocycles. The Labute approximate surface area is 297 Å². The lowest BCUT2D eigenvalue weighted by Gasteiger charge is -2.14. The van der Waals surface area contributed by atoms with Crippen LogP contribution in [0.15, 0.2) is 176 Å². The van der Waals surface area contributed by atoms with Crippen LogP contribution < -0.4 is 0 Å². The summed E-state index contributed by atoms with van der Waals surface area (Å²) in [4.78, 5) is 15.1. The van der Waals surface area contributed by atoms with E-state index in [1.807, 2.05) is 60.7 Å².